The highest BCUT2D eigenvalue weighted by atomic mass is 79.9. The number of hydrogen-bond donors (Lipinski definition) is 0. The maximum Gasteiger partial charge on any atom is 0.283 e. The Bertz CT molecular complexity index is 437. The van der Waals surface area contributed by atoms with E-state index in [9.17, 15) is 10.1 Å². The maximum atomic E-state index is 10.8. The van der Waals surface area contributed by atoms with Crippen LogP contribution in [0.1, 0.15) is 18.9 Å². The summed E-state index contributed by atoms with van der Waals surface area (Å²) in [6.45, 7) is 5.22. The van der Waals surface area contributed by atoms with Crippen LogP contribution in [0.5, 0.6) is 0 Å². The van der Waals surface area contributed by atoms with Crippen LogP contribution in [0.4, 0.5) is 5.69 Å². The molecule has 0 aliphatic carbocycles. The standard InChI is InChI=1S/C12H15BrN2O2/c1-9-4-5-14(7-9)8-10-2-3-11(13)12(6-10)15(16)17/h2-3,6,9H,4-5,7-8H2,1H3. The first-order valence-electron chi connectivity index (χ1n) is 5.71. The number of benzene rings is 1. The van der Waals surface area contributed by atoms with Crippen LogP contribution in [-0.4, -0.2) is 22.9 Å². The van der Waals surface area contributed by atoms with Crippen LogP contribution in [0.2, 0.25) is 0 Å². The van der Waals surface area contributed by atoms with E-state index < -0.39 is 0 Å². The molecule has 0 aromatic heterocycles. The van der Waals surface area contributed by atoms with Crippen LogP contribution in [0.3, 0.4) is 0 Å². The second kappa shape index (κ2) is 5.14. The van der Waals surface area contributed by atoms with Gasteiger partial charge in [-0.3, -0.25) is 15.0 Å². The van der Waals surface area contributed by atoms with Gasteiger partial charge in [0, 0.05) is 19.2 Å². The van der Waals surface area contributed by atoms with E-state index in [2.05, 4.69) is 27.8 Å². The topological polar surface area (TPSA) is 46.4 Å². The molecule has 1 atom stereocenters. The van der Waals surface area contributed by atoms with Crippen molar-refractivity contribution in [2.45, 2.75) is 19.9 Å². The molecule has 92 valence electrons. The third-order valence-electron chi connectivity index (χ3n) is 3.12. The number of rotatable bonds is 3. The maximum absolute atomic E-state index is 10.8. The molecule has 1 unspecified atom stereocenters. The first kappa shape index (κ1) is 12.5. The zero-order chi connectivity index (χ0) is 12.4. The zero-order valence-corrected chi connectivity index (χ0v) is 11.3. The van der Waals surface area contributed by atoms with Gasteiger partial charge in [0.1, 0.15) is 0 Å². The molecule has 1 aliphatic heterocycles. The predicted octanol–water partition coefficient (Wildman–Crippen LogP) is 3.20. The largest absolute Gasteiger partial charge is 0.299 e. The zero-order valence-electron chi connectivity index (χ0n) is 9.73. The van der Waals surface area contributed by atoms with Gasteiger partial charge in [0.2, 0.25) is 0 Å². The molecule has 1 aromatic carbocycles. The van der Waals surface area contributed by atoms with Crippen LogP contribution in [-0.2, 0) is 6.54 Å². The lowest BCUT2D eigenvalue weighted by atomic mass is 10.2. The van der Waals surface area contributed by atoms with Crippen molar-refractivity contribution in [3.8, 4) is 0 Å². The van der Waals surface area contributed by atoms with Crippen molar-refractivity contribution in [1.29, 1.82) is 0 Å². The van der Waals surface area contributed by atoms with Crippen LogP contribution >= 0.6 is 15.9 Å². The summed E-state index contributed by atoms with van der Waals surface area (Å²) in [5.74, 6) is 0.737. The molecule has 0 bridgehead atoms. The quantitative estimate of drug-likeness (QED) is 0.636. The van der Waals surface area contributed by atoms with Gasteiger partial charge in [-0.1, -0.05) is 13.0 Å². The van der Waals surface area contributed by atoms with Crippen molar-refractivity contribution in [3.63, 3.8) is 0 Å². The second-order valence-corrected chi connectivity index (χ2v) is 5.53. The molecule has 0 N–H and O–H groups in total. The first-order valence-corrected chi connectivity index (χ1v) is 6.50. The molecule has 1 aliphatic rings. The summed E-state index contributed by atoms with van der Waals surface area (Å²) in [5.41, 5.74) is 1.16. The van der Waals surface area contributed by atoms with Gasteiger partial charge in [-0.2, -0.15) is 0 Å². The van der Waals surface area contributed by atoms with Gasteiger partial charge in [-0.15, -0.1) is 0 Å². The van der Waals surface area contributed by atoms with E-state index in [1.54, 1.807) is 12.1 Å². The average Bonchev–Trinajstić information content (AvgIpc) is 2.66. The lowest BCUT2D eigenvalue weighted by Crippen LogP contribution is -2.19. The normalized spacial score (nSPS) is 20.7. The van der Waals surface area contributed by atoms with Gasteiger partial charge in [-0.05, 0) is 46.4 Å². The average molecular weight is 299 g/mol. The fourth-order valence-corrected chi connectivity index (χ4v) is 2.62. The lowest BCUT2D eigenvalue weighted by molar-refractivity contribution is -0.385. The van der Waals surface area contributed by atoms with E-state index in [0.29, 0.717) is 4.47 Å². The third kappa shape index (κ3) is 3.04. The Morgan fingerprint density at radius 3 is 2.94 bits per heavy atom. The molecule has 0 amide bonds. The van der Waals surface area contributed by atoms with Crippen molar-refractivity contribution in [3.05, 3.63) is 38.3 Å². The highest BCUT2D eigenvalue weighted by Gasteiger charge is 2.20. The van der Waals surface area contributed by atoms with E-state index >= 15 is 0 Å². The van der Waals surface area contributed by atoms with E-state index in [-0.39, 0.29) is 10.6 Å². The Morgan fingerprint density at radius 1 is 1.59 bits per heavy atom. The Hall–Kier alpha value is -0.940. The fourth-order valence-electron chi connectivity index (χ4n) is 2.22. The molecule has 0 spiro atoms. The number of nitro benzene ring substituents is 1. The van der Waals surface area contributed by atoms with Gasteiger partial charge in [-0.25, -0.2) is 0 Å². The summed E-state index contributed by atoms with van der Waals surface area (Å²) in [5, 5.41) is 10.8. The van der Waals surface area contributed by atoms with Gasteiger partial charge >= 0.3 is 0 Å². The number of nitro groups is 1. The predicted molar refractivity (Wildman–Crippen MR) is 69.9 cm³/mol. The fraction of sp³-hybridized carbons (Fsp3) is 0.500. The molecule has 4 nitrogen and oxygen atoms in total. The molecule has 1 heterocycles. The minimum absolute atomic E-state index is 0.148. The summed E-state index contributed by atoms with van der Waals surface area (Å²) < 4.78 is 0.543. The van der Waals surface area contributed by atoms with Crippen molar-refractivity contribution < 1.29 is 4.92 Å². The van der Waals surface area contributed by atoms with E-state index in [4.69, 9.17) is 0 Å². The number of hydrogen-bond acceptors (Lipinski definition) is 3. The number of halogens is 1. The molecule has 17 heavy (non-hydrogen) atoms. The molecule has 0 radical (unpaired) electrons. The van der Waals surface area contributed by atoms with Crippen LogP contribution in [0.15, 0.2) is 22.7 Å². The minimum Gasteiger partial charge on any atom is -0.299 e. The monoisotopic (exact) mass is 298 g/mol. The summed E-state index contributed by atoms with van der Waals surface area (Å²) in [7, 11) is 0. The Kier molecular flexibility index (Phi) is 3.79. The summed E-state index contributed by atoms with van der Waals surface area (Å²) in [6.07, 6.45) is 1.22. The van der Waals surface area contributed by atoms with Crippen molar-refractivity contribution in [2.24, 2.45) is 5.92 Å². The summed E-state index contributed by atoms with van der Waals surface area (Å²) in [4.78, 5) is 12.8. The lowest BCUT2D eigenvalue weighted by Gasteiger charge is -2.15. The van der Waals surface area contributed by atoms with Crippen LogP contribution < -0.4 is 0 Å². The first-order chi connectivity index (χ1) is 8.06. The number of likely N-dealkylation sites (tertiary alicyclic amines) is 1. The number of nitrogens with zero attached hydrogens (tertiary/aromatic N) is 2. The highest BCUT2D eigenvalue weighted by molar-refractivity contribution is 9.10. The van der Waals surface area contributed by atoms with E-state index in [1.807, 2.05) is 6.07 Å². The van der Waals surface area contributed by atoms with Crippen LogP contribution in [0.25, 0.3) is 0 Å². The Labute approximate surface area is 109 Å². The third-order valence-corrected chi connectivity index (χ3v) is 3.79. The Balaban J connectivity index is 2.11. The van der Waals surface area contributed by atoms with Gasteiger partial charge in [0.05, 0.1) is 9.40 Å². The SMILES string of the molecule is CC1CCN(Cc2ccc(Br)c([N+](=O)[O-])c2)C1. The van der Waals surface area contributed by atoms with Gasteiger partial charge in [0.15, 0.2) is 0 Å². The molecular formula is C12H15BrN2O2. The Morgan fingerprint density at radius 2 is 2.35 bits per heavy atom. The molecule has 5 heteroatoms. The highest BCUT2D eigenvalue weighted by Crippen LogP contribution is 2.27. The van der Waals surface area contributed by atoms with Crippen molar-refractivity contribution in [1.82, 2.24) is 4.90 Å². The summed E-state index contributed by atoms with van der Waals surface area (Å²) >= 11 is 3.20. The van der Waals surface area contributed by atoms with E-state index in [0.717, 1.165) is 31.1 Å². The smallest absolute Gasteiger partial charge is 0.283 e. The second-order valence-electron chi connectivity index (χ2n) is 4.67. The minimum atomic E-state index is -0.347. The van der Waals surface area contributed by atoms with E-state index in [1.165, 1.54) is 6.42 Å². The van der Waals surface area contributed by atoms with Crippen molar-refractivity contribution in [2.75, 3.05) is 13.1 Å². The molecule has 1 aromatic rings. The van der Waals surface area contributed by atoms with Gasteiger partial charge < -0.3 is 0 Å². The molecule has 2 rings (SSSR count). The summed E-state index contributed by atoms with van der Waals surface area (Å²) in [6, 6.07) is 5.36. The molecule has 1 saturated heterocycles. The van der Waals surface area contributed by atoms with Crippen LogP contribution in [0, 0.1) is 16.0 Å². The van der Waals surface area contributed by atoms with Gasteiger partial charge in [0.25, 0.3) is 5.69 Å². The molecule has 1 fully saturated rings. The van der Waals surface area contributed by atoms with Crippen molar-refractivity contribution >= 4 is 21.6 Å². The molecular weight excluding hydrogens is 284 g/mol. The molecule has 0 saturated carbocycles.